The van der Waals surface area contributed by atoms with E-state index < -0.39 is 59.0 Å². The van der Waals surface area contributed by atoms with E-state index in [0.29, 0.717) is 24.9 Å². The van der Waals surface area contributed by atoms with Gasteiger partial charge in [0.25, 0.3) is 0 Å². The lowest BCUT2D eigenvalue weighted by atomic mass is 9.50. The second-order valence-corrected chi connectivity index (χ2v) is 13.5. The molecule has 47 heavy (non-hydrogen) atoms. The summed E-state index contributed by atoms with van der Waals surface area (Å²) in [6, 6.07) is 11.6. The van der Waals surface area contributed by atoms with E-state index >= 15 is 0 Å². The second-order valence-electron chi connectivity index (χ2n) is 13.5. The zero-order valence-electron chi connectivity index (χ0n) is 27.2. The molecule has 6 atom stereocenters. The maximum atomic E-state index is 13.9. The van der Waals surface area contributed by atoms with E-state index in [4.69, 9.17) is 28.4 Å². The molecular weight excluding hydrogens is 610 g/mol. The van der Waals surface area contributed by atoms with Crippen molar-refractivity contribution >= 4 is 24.1 Å². The Labute approximate surface area is 272 Å². The van der Waals surface area contributed by atoms with Crippen LogP contribution in [0.4, 0.5) is 4.79 Å². The number of carbonyl (C=O) groups excluding carboxylic acids is 4. The maximum Gasteiger partial charge on any atom is 0.514 e. The van der Waals surface area contributed by atoms with Gasteiger partial charge in [-0.3, -0.25) is 4.79 Å². The third kappa shape index (κ3) is 5.53. The third-order valence-electron chi connectivity index (χ3n) is 9.36. The summed E-state index contributed by atoms with van der Waals surface area (Å²) in [6.45, 7) is 8.32. The van der Waals surface area contributed by atoms with Crippen LogP contribution in [-0.2, 0) is 45.2 Å². The van der Waals surface area contributed by atoms with Crippen LogP contribution in [0.3, 0.4) is 0 Å². The van der Waals surface area contributed by atoms with Gasteiger partial charge in [0.15, 0.2) is 23.7 Å². The second kappa shape index (κ2) is 11.7. The number of hydrogen-bond acceptors (Lipinski definition) is 12. The summed E-state index contributed by atoms with van der Waals surface area (Å²) < 4.78 is 34.2. The summed E-state index contributed by atoms with van der Waals surface area (Å²) in [7, 11) is 1.97. The summed E-state index contributed by atoms with van der Waals surface area (Å²) in [4.78, 5) is 53.1. The molecule has 1 spiro atoms. The van der Waals surface area contributed by atoms with Crippen molar-refractivity contribution in [2.75, 3.05) is 13.6 Å². The molecule has 2 heterocycles. The van der Waals surface area contributed by atoms with Gasteiger partial charge in [-0.25, -0.2) is 14.4 Å². The molecule has 12 heteroatoms. The van der Waals surface area contributed by atoms with Gasteiger partial charge in [-0.1, -0.05) is 36.4 Å². The number of carbonyl (C=O) groups is 4. The molecule has 250 valence electrons. The lowest BCUT2D eigenvalue weighted by Crippen LogP contribution is -2.74. The topological polar surface area (TPSA) is 147 Å². The van der Waals surface area contributed by atoms with Crippen molar-refractivity contribution in [3.8, 4) is 11.5 Å². The van der Waals surface area contributed by atoms with E-state index in [9.17, 15) is 24.3 Å². The number of piperidine rings is 1. The molecular formula is C35H39NO11. The fraction of sp³-hybridized carbons (Fsp3) is 0.486. The SMILES string of the molecule is CC(=O)OC(C)C(=O)O[C@H](C(=O)OC1=CC[C@@]2(O)[C@H]3Cc4ccc(OC(=O)OC(C)(C)C)c5c4[C@@]2(CCN3C)[C@H]1O5)c1ccccc1. The van der Waals surface area contributed by atoms with Crippen LogP contribution in [0.1, 0.15) is 70.3 Å². The molecule has 2 aromatic carbocycles. The van der Waals surface area contributed by atoms with Crippen LogP contribution < -0.4 is 9.47 Å². The fourth-order valence-corrected chi connectivity index (χ4v) is 7.43. The van der Waals surface area contributed by atoms with Crippen LogP contribution in [0.2, 0.25) is 0 Å². The summed E-state index contributed by atoms with van der Waals surface area (Å²) in [6.07, 6.45) is -1.84. The van der Waals surface area contributed by atoms with Crippen LogP contribution in [0.25, 0.3) is 0 Å². The van der Waals surface area contributed by atoms with Crippen LogP contribution in [0.5, 0.6) is 11.5 Å². The van der Waals surface area contributed by atoms with Gasteiger partial charge in [0.1, 0.15) is 11.4 Å². The lowest BCUT2D eigenvalue weighted by molar-refractivity contribution is -0.181. The van der Waals surface area contributed by atoms with Gasteiger partial charge in [-0.05, 0) is 71.8 Å². The van der Waals surface area contributed by atoms with E-state index in [2.05, 4.69) is 4.90 Å². The van der Waals surface area contributed by atoms with Gasteiger partial charge in [-0.2, -0.15) is 0 Å². The van der Waals surface area contributed by atoms with Crippen molar-refractivity contribution in [2.24, 2.45) is 0 Å². The smallest absolute Gasteiger partial charge is 0.477 e. The molecule has 4 aliphatic rings. The zero-order valence-corrected chi connectivity index (χ0v) is 27.2. The van der Waals surface area contributed by atoms with Crippen molar-refractivity contribution in [1.82, 2.24) is 4.90 Å². The standard InChI is InChI=1S/C35H39NO11/c1-19(42-20(2)37)30(38)46-27(21-10-8-7-9-11-21)31(39)43-24-14-15-35(41)25-18-22-12-13-23(44-32(40)47-33(3,4)5)28-26(22)34(35,29(24)45-28)16-17-36(25)6/h7-14,19,25,27,29,41H,15-18H2,1-6H3/t19?,25-,27+,29+,34+,35-/m1/s1. The third-order valence-corrected chi connectivity index (χ3v) is 9.36. The molecule has 12 nitrogen and oxygen atoms in total. The van der Waals surface area contributed by atoms with Crippen LogP contribution in [0.15, 0.2) is 54.3 Å². The predicted molar refractivity (Wildman–Crippen MR) is 164 cm³/mol. The molecule has 0 saturated carbocycles. The van der Waals surface area contributed by atoms with Crippen LogP contribution in [0, 0.1) is 0 Å². The Hall–Kier alpha value is -4.42. The van der Waals surface area contributed by atoms with Crippen LogP contribution in [-0.4, -0.2) is 77.1 Å². The molecule has 1 N–H and O–H groups in total. The minimum Gasteiger partial charge on any atom is -0.477 e. The molecule has 0 aromatic heterocycles. The largest absolute Gasteiger partial charge is 0.514 e. The first-order valence-electron chi connectivity index (χ1n) is 15.7. The van der Waals surface area contributed by atoms with Crippen molar-refractivity contribution in [2.45, 2.75) is 94.9 Å². The summed E-state index contributed by atoms with van der Waals surface area (Å²) >= 11 is 0. The molecule has 2 aliphatic heterocycles. The Morgan fingerprint density at radius 2 is 1.74 bits per heavy atom. The predicted octanol–water partition coefficient (Wildman–Crippen LogP) is 4.06. The Kier molecular flexibility index (Phi) is 8.08. The van der Waals surface area contributed by atoms with Crippen LogP contribution >= 0.6 is 0 Å². The molecule has 1 saturated heterocycles. The van der Waals surface area contributed by atoms with Gasteiger partial charge in [0, 0.05) is 30.5 Å². The van der Waals surface area contributed by atoms with Gasteiger partial charge in [0.05, 0.1) is 11.0 Å². The number of aliphatic hydroxyl groups is 1. The quantitative estimate of drug-likeness (QED) is 0.262. The summed E-state index contributed by atoms with van der Waals surface area (Å²) in [5.74, 6) is -1.96. The van der Waals surface area contributed by atoms with Gasteiger partial charge in [-0.15, -0.1) is 0 Å². The fourth-order valence-electron chi connectivity index (χ4n) is 7.43. The minimum atomic E-state index is -1.50. The first kappa shape index (κ1) is 32.5. The Morgan fingerprint density at radius 3 is 2.43 bits per heavy atom. The number of benzene rings is 2. The van der Waals surface area contributed by atoms with E-state index in [0.717, 1.165) is 18.1 Å². The number of nitrogens with zero attached hydrogens (tertiary/aromatic N) is 1. The first-order valence-corrected chi connectivity index (χ1v) is 15.7. The average molecular weight is 650 g/mol. The highest BCUT2D eigenvalue weighted by atomic mass is 16.7. The van der Waals surface area contributed by atoms with E-state index in [1.165, 1.54) is 6.92 Å². The van der Waals surface area contributed by atoms with Crippen molar-refractivity contribution in [1.29, 1.82) is 0 Å². The van der Waals surface area contributed by atoms with Gasteiger partial charge in [0.2, 0.25) is 6.10 Å². The average Bonchev–Trinajstić information content (AvgIpc) is 3.35. The Morgan fingerprint density at radius 1 is 1.02 bits per heavy atom. The molecule has 2 aliphatic carbocycles. The highest BCUT2D eigenvalue weighted by molar-refractivity contribution is 5.84. The lowest BCUT2D eigenvalue weighted by Gasteiger charge is -2.61. The highest BCUT2D eigenvalue weighted by Crippen LogP contribution is 2.65. The van der Waals surface area contributed by atoms with Crippen molar-refractivity contribution < 1.29 is 52.7 Å². The Bertz CT molecular complexity index is 1650. The van der Waals surface area contributed by atoms with Crippen molar-refractivity contribution in [3.05, 3.63) is 71.0 Å². The maximum absolute atomic E-state index is 13.9. The molecule has 0 radical (unpaired) electrons. The molecule has 0 amide bonds. The van der Waals surface area contributed by atoms with Gasteiger partial charge < -0.3 is 38.4 Å². The number of ether oxygens (including phenoxy) is 6. The molecule has 2 aromatic rings. The van der Waals surface area contributed by atoms with E-state index in [1.54, 1.807) is 63.2 Å². The number of hydrogen-bond donors (Lipinski definition) is 1. The molecule has 1 fully saturated rings. The number of likely N-dealkylation sites (N-methyl/N-ethyl adjacent to an activating group) is 1. The molecule has 6 rings (SSSR count). The first-order chi connectivity index (χ1) is 22.1. The Balaban J connectivity index is 1.36. The molecule has 1 unspecified atom stereocenters. The number of rotatable bonds is 7. The van der Waals surface area contributed by atoms with E-state index in [-0.39, 0.29) is 29.7 Å². The highest BCUT2D eigenvalue weighted by Gasteiger charge is 2.72. The zero-order chi connectivity index (χ0) is 33.9. The monoisotopic (exact) mass is 649 g/mol. The summed E-state index contributed by atoms with van der Waals surface area (Å²) in [5, 5.41) is 12.5. The normalized spacial score (nSPS) is 26.8. The minimum absolute atomic E-state index is 0.128. The summed E-state index contributed by atoms with van der Waals surface area (Å²) in [5.41, 5.74) is -1.13. The van der Waals surface area contributed by atoms with Gasteiger partial charge >= 0.3 is 24.1 Å². The number of esters is 3. The van der Waals surface area contributed by atoms with Crippen molar-refractivity contribution in [3.63, 3.8) is 0 Å². The molecule has 2 bridgehead atoms. The van der Waals surface area contributed by atoms with E-state index in [1.807, 2.05) is 13.1 Å². The number of likely N-dealkylation sites (tertiary alicyclic amines) is 1.